The van der Waals surface area contributed by atoms with Crippen molar-refractivity contribution >= 4 is 22.6 Å². The molecule has 0 radical (unpaired) electrons. The quantitative estimate of drug-likeness (QED) is 0.916. The Morgan fingerprint density at radius 1 is 1.45 bits per heavy atom. The number of rotatable bonds is 3. The number of aromatic nitrogens is 1. The molecule has 0 spiro atoms. The maximum Gasteiger partial charge on any atom is 0.321 e. The summed E-state index contributed by atoms with van der Waals surface area (Å²) in [5.74, 6) is 0.186. The van der Waals surface area contributed by atoms with E-state index in [-0.39, 0.29) is 18.1 Å². The number of carbonyl (C=O) groups is 1. The molecular formula is C17H23N3O2. The molecule has 22 heavy (non-hydrogen) atoms. The Hall–Kier alpha value is -2.01. The minimum Gasteiger partial charge on any atom is -0.393 e. The topological polar surface area (TPSA) is 57.5 Å². The summed E-state index contributed by atoms with van der Waals surface area (Å²) in [6.45, 7) is 6.12. The van der Waals surface area contributed by atoms with Crippen LogP contribution in [0.1, 0.15) is 20.3 Å². The minimum atomic E-state index is -0.359. The Labute approximate surface area is 130 Å². The Kier molecular flexibility index (Phi) is 4.07. The van der Waals surface area contributed by atoms with Crippen molar-refractivity contribution in [3.05, 3.63) is 30.5 Å². The van der Waals surface area contributed by atoms with Gasteiger partial charge in [-0.2, -0.15) is 0 Å². The number of nitrogens with one attached hydrogen (secondary N) is 1. The molecule has 1 aromatic heterocycles. The van der Waals surface area contributed by atoms with Crippen molar-refractivity contribution in [2.45, 2.75) is 32.9 Å². The van der Waals surface area contributed by atoms with Crippen LogP contribution in [0.2, 0.25) is 0 Å². The highest BCUT2D eigenvalue weighted by Crippen LogP contribution is 2.23. The highest BCUT2D eigenvalue weighted by molar-refractivity contribution is 5.93. The largest absolute Gasteiger partial charge is 0.393 e. The molecule has 2 aromatic rings. The molecule has 1 saturated heterocycles. The molecule has 2 amide bonds. The van der Waals surface area contributed by atoms with Crippen LogP contribution in [0.15, 0.2) is 30.5 Å². The van der Waals surface area contributed by atoms with Gasteiger partial charge in [-0.25, -0.2) is 4.79 Å². The SMILES string of the molecule is CCn1ccc2ccc(NC(=O)N3CC[C@H]([C@@H](C)O)C3)cc21. The fourth-order valence-corrected chi connectivity index (χ4v) is 3.11. The van der Waals surface area contributed by atoms with E-state index in [4.69, 9.17) is 0 Å². The van der Waals surface area contributed by atoms with Crippen LogP contribution in [0, 0.1) is 5.92 Å². The van der Waals surface area contributed by atoms with Gasteiger partial charge >= 0.3 is 6.03 Å². The van der Waals surface area contributed by atoms with Gasteiger partial charge in [-0.05, 0) is 43.9 Å². The summed E-state index contributed by atoms with van der Waals surface area (Å²) in [5, 5.41) is 13.8. The maximum absolute atomic E-state index is 12.3. The number of fused-ring (bicyclic) bond motifs is 1. The number of hydrogen-bond donors (Lipinski definition) is 2. The van der Waals surface area contributed by atoms with E-state index < -0.39 is 0 Å². The van der Waals surface area contributed by atoms with Crippen molar-refractivity contribution in [3.8, 4) is 0 Å². The van der Waals surface area contributed by atoms with E-state index in [1.54, 1.807) is 11.8 Å². The van der Waals surface area contributed by atoms with E-state index in [9.17, 15) is 9.90 Å². The Morgan fingerprint density at radius 2 is 2.27 bits per heavy atom. The zero-order valence-corrected chi connectivity index (χ0v) is 13.1. The molecule has 1 aliphatic heterocycles. The first-order valence-corrected chi connectivity index (χ1v) is 7.91. The van der Waals surface area contributed by atoms with Crippen molar-refractivity contribution in [2.75, 3.05) is 18.4 Å². The Morgan fingerprint density at radius 3 is 2.95 bits per heavy atom. The van der Waals surface area contributed by atoms with Crippen LogP contribution >= 0.6 is 0 Å². The van der Waals surface area contributed by atoms with Crippen molar-refractivity contribution in [1.82, 2.24) is 9.47 Å². The summed E-state index contributed by atoms with van der Waals surface area (Å²) in [7, 11) is 0. The predicted molar refractivity (Wildman–Crippen MR) is 88.0 cm³/mol. The smallest absolute Gasteiger partial charge is 0.321 e. The van der Waals surface area contributed by atoms with Crippen LogP contribution in [0.3, 0.4) is 0 Å². The lowest BCUT2D eigenvalue weighted by atomic mass is 10.0. The number of nitrogens with zero attached hydrogens (tertiary/aromatic N) is 2. The molecule has 1 fully saturated rings. The van der Waals surface area contributed by atoms with Crippen molar-refractivity contribution in [3.63, 3.8) is 0 Å². The van der Waals surface area contributed by atoms with Crippen molar-refractivity contribution in [2.24, 2.45) is 5.92 Å². The van der Waals surface area contributed by atoms with Crippen molar-refractivity contribution < 1.29 is 9.90 Å². The molecule has 0 unspecified atom stereocenters. The minimum absolute atomic E-state index is 0.0860. The summed E-state index contributed by atoms with van der Waals surface area (Å²) in [5.41, 5.74) is 1.94. The molecule has 1 aromatic carbocycles. The standard InChI is InChI=1S/C17H23N3O2/c1-3-19-8-6-13-4-5-15(10-16(13)19)18-17(22)20-9-7-14(11-20)12(2)21/h4-6,8,10,12,14,21H,3,7,9,11H2,1-2H3,(H,18,22)/t12-,14+/m1/s1. The summed E-state index contributed by atoms with van der Waals surface area (Å²) >= 11 is 0. The number of benzene rings is 1. The van der Waals surface area contributed by atoms with Crippen LogP contribution in [0.25, 0.3) is 10.9 Å². The van der Waals surface area contributed by atoms with E-state index >= 15 is 0 Å². The van der Waals surface area contributed by atoms with E-state index in [1.165, 1.54) is 5.39 Å². The molecule has 3 rings (SSSR count). The van der Waals surface area contributed by atoms with Crippen LogP contribution < -0.4 is 5.32 Å². The number of hydrogen-bond acceptors (Lipinski definition) is 2. The summed E-state index contributed by atoms with van der Waals surface area (Å²) in [6.07, 6.45) is 2.56. The first-order valence-electron chi connectivity index (χ1n) is 7.91. The first-order chi connectivity index (χ1) is 10.6. The summed E-state index contributed by atoms with van der Waals surface area (Å²) in [6, 6.07) is 7.97. The average Bonchev–Trinajstić information content (AvgIpc) is 3.13. The van der Waals surface area contributed by atoms with Crippen LogP contribution in [0.4, 0.5) is 10.5 Å². The third-order valence-electron chi connectivity index (χ3n) is 4.56. The second-order valence-corrected chi connectivity index (χ2v) is 6.04. The average molecular weight is 301 g/mol. The highest BCUT2D eigenvalue weighted by Gasteiger charge is 2.29. The first kappa shape index (κ1) is 14.9. The summed E-state index contributed by atoms with van der Waals surface area (Å²) in [4.78, 5) is 14.1. The van der Waals surface area contributed by atoms with Gasteiger partial charge < -0.3 is 19.9 Å². The second-order valence-electron chi connectivity index (χ2n) is 6.04. The van der Waals surface area contributed by atoms with Crippen LogP contribution in [0.5, 0.6) is 0 Å². The molecule has 1 aliphatic rings. The molecule has 0 saturated carbocycles. The van der Waals surface area contributed by atoms with E-state index in [0.717, 1.165) is 24.2 Å². The second kappa shape index (κ2) is 6.01. The lowest BCUT2D eigenvalue weighted by Gasteiger charge is -2.18. The zero-order chi connectivity index (χ0) is 15.7. The number of amides is 2. The molecule has 2 N–H and O–H groups in total. The lowest BCUT2D eigenvalue weighted by Crippen LogP contribution is -2.34. The molecule has 5 nitrogen and oxygen atoms in total. The number of aryl methyl sites for hydroxylation is 1. The van der Waals surface area contributed by atoms with Gasteiger partial charge in [-0.1, -0.05) is 6.07 Å². The van der Waals surface area contributed by atoms with Gasteiger partial charge in [0.25, 0.3) is 0 Å². The number of aliphatic hydroxyl groups is 1. The predicted octanol–water partition coefficient (Wildman–Crippen LogP) is 2.90. The lowest BCUT2D eigenvalue weighted by molar-refractivity contribution is 0.130. The molecule has 5 heteroatoms. The third-order valence-corrected chi connectivity index (χ3v) is 4.56. The normalized spacial score (nSPS) is 19.6. The number of carbonyl (C=O) groups excluding carboxylic acids is 1. The molecular weight excluding hydrogens is 278 g/mol. The Bertz CT molecular complexity index is 678. The highest BCUT2D eigenvalue weighted by atomic mass is 16.3. The molecule has 118 valence electrons. The molecule has 2 heterocycles. The summed E-state index contributed by atoms with van der Waals surface area (Å²) < 4.78 is 2.16. The molecule has 0 aliphatic carbocycles. The third kappa shape index (κ3) is 2.81. The fraction of sp³-hybridized carbons (Fsp3) is 0.471. The van der Waals surface area contributed by atoms with E-state index in [2.05, 4.69) is 29.1 Å². The zero-order valence-electron chi connectivity index (χ0n) is 13.1. The number of likely N-dealkylation sites (tertiary alicyclic amines) is 1. The van der Waals surface area contributed by atoms with Crippen LogP contribution in [-0.2, 0) is 6.54 Å². The van der Waals surface area contributed by atoms with Gasteiger partial charge in [-0.3, -0.25) is 0 Å². The fourth-order valence-electron chi connectivity index (χ4n) is 3.11. The monoisotopic (exact) mass is 301 g/mol. The number of aliphatic hydroxyl groups excluding tert-OH is 1. The molecule has 2 atom stereocenters. The van der Waals surface area contributed by atoms with E-state index in [1.807, 2.05) is 18.2 Å². The van der Waals surface area contributed by atoms with Crippen molar-refractivity contribution in [1.29, 1.82) is 0 Å². The van der Waals surface area contributed by atoms with Gasteiger partial charge in [0, 0.05) is 37.4 Å². The van der Waals surface area contributed by atoms with Gasteiger partial charge in [0.2, 0.25) is 0 Å². The van der Waals surface area contributed by atoms with Gasteiger partial charge in [0.05, 0.1) is 11.6 Å². The van der Waals surface area contributed by atoms with Gasteiger partial charge in [-0.15, -0.1) is 0 Å². The van der Waals surface area contributed by atoms with Gasteiger partial charge in [0.1, 0.15) is 0 Å². The molecule has 0 bridgehead atoms. The number of urea groups is 1. The number of anilines is 1. The van der Waals surface area contributed by atoms with Crippen LogP contribution in [-0.4, -0.2) is 39.8 Å². The van der Waals surface area contributed by atoms with Gasteiger partial charge in [0.15, 0.2) is 0 Å². The van der Waals surface area contributed by atoms with E-state index in [0.29, 0.717) is 13.1 Å². The maximum atomic E-state index is 12.3. The Balaban J connectivity index is 1.71.